The summed E-state index contributed by atoms with van der Waals surface area (Å²) in [5.41, 5.74) is 0. The summed E-state index contributed by atoms with van der Waals surface area (Å²) in [5, 5.41) is 3.78. The lowest BCUT2D eigenvalue weighted by Crippen LogP contribution is -2.56. The van der Waals surface area contributed by atoms with E-state index in [2.05, 4.69) is 29.0 Å². The van der Waals surface area contributed by atoms with Gasteiger partial charge >= 0.3 is 0 Å². The van der Waals surface area contributed by atoms with Crippen molar-refractivity contribution in [3.05, 3.63) is 0 Å². The van der Waals surface area contributed by atoms with Crippen molar-refractivity contribution in [1.82, 2.24) is 15.1 Å². The van der Waals surface area contributed by atoms with Crippen molar-refractivity contribution in [1.29, 1.82) is 0 Å². The largest absolute Gasteiger partial charge is 0.313 e. The van der Waals surface area contributed by atoms with Gasteiger partial charge < -0.3 is 10.2 Å². The van der Waals surface area contributed by atoms with Crippen molar-refractivity contribution in [3.8, 4) is 0 Å². The maximum absolute atomic E-state index is 3.78. The van der Waals surface area contributed by atoms with E-state index in [1.54, 1.807) is 0 Å². The van der Waals surface area contributed by atoms with Crippen molar-refractivity contribution in [2.75, 3.05) is 39.3 Å². The molecule has 2 fully saturated rings. The van der Waals surface area contributed by atoms with Crippen LogP contribution in [-0.4, -0.2) is 61.2 Å². The Morgan fingerprint density at radius 1 is 0.900 bits per heavy atom. The molecule has 0 spiro atoms. The second kappa shape index (κ2) is 9.01. The van der Waals surface area contributed by atoms with Crippen LogP contribution in [0.1, 0.15) is 58.8 Å². The molecule has 2 rings (SSSR count). The topological polar surface area (TPSA) is 18.5 Å². The first-order valence-electron chi connectivity index (χ1n) is 9.05. The minimum atomic E-state index is 0.734. The molecule has 1 N–H and O–H groups in total. The number of nitrogens with zero attached hydrogens (tertiary/aromatic N) is 2. The van der Waals surface area contributed by atoms with E-state index in [1.807, 2.05) is 0 Å². The third-order valence-electron chi connectivity index (χ3n) is 5.11. The first-order valence-corrected chi connectivity index (χ1v) is 9.05. The summed E-state index contributed by atoms with van der Waals surface area (Å²) in [5.74, 6) is 0. The Morgan fingerprint density at radius 3 is 2.25 bits per heavy atom. The van der Waals surface area contributed by atoms with E-state index in [0.717, 1.165) is 18.6 Å². The fourth-order valence-electron chi connectivity index (χ4n) is 4.04. The second-order valence-corrected chi connectivity index (χ2v) is 6.60. The van der Waals surface area contributed by atoms with Gasteiger partial charge in [0.25, 0.3) is 0 Å². The molecular weight excluding hydrogens is 246 g/mol. The van der Waals surface area contributed by atoms with Crippen molar-refractivity contribution < 1.29 is 0 Å². The summed E-state index contributed by atoms with van der Waals surface area (Å²) in [6.07, 6.45) is 9.83. The molecular formula is C17H35N3. The molecule has 3 heteroatoms. The van der Waals surface area contributed by atoms with Crippen molar-refractivity contribution in [2.45, 2.75) is 70.9 Å². The lowest BCUT2D eigenvalue weighted by atomic mass is 9.90. The summed E-state index contributed by atoms with van der Waals surface area (Å²) >= 11 is 0. The van der Waals surface area contributed by atoms with E-state index in [4.69, 9.17) is 0 Å². The number of hydrogen-bond acceptors (Lipinski definition) is 3. The third kappa shape index (κ3) is 4.71. The first kappa shape index (κ1) is 16.3. The summed E-state index contributed by atoms with van der Waals surface area (Å²) in [7, 11) is 0. The highest BCUT2D eigenvalue weighted by Gasteiger charge is 2.29. The van der Waals surface area contributed by atoms with Gasteiger partial charge in [-0.2, -0.15) is 0 Å². The van der Waals surface area contributed by atoms with Gasteiger partial charge in [-0.15, -0.1) is 0 Å². The van der Waals surface area contributed by atoms with E-state index in [-0.39, 0.29) is 0 Å². The molecule has 0 aromatic rings. The normalized spacial score (nSPS) is 30.9. The Hall–Kier alpha value is -0.120. The van der Waals surface area contributed by atoms with Gasteiger partial charge in [-0.05, 0) is 32.4 Å². The quantitative estimate of drug-likeness (QED) is 0.836. The lowest BCUT2D eigenvalue weighted by molar-refractivity contribution is 0.0681. The standard InChI is InChI=1S/C17H35N3/c1-3-11-19-12-14-20(15-13-19)17-10-8-6-5-7-9-16(17)18-4-2/h16-18H,3-15H2,1-2H3. The Kier molecular flexibility index (Phi) is 7.32. The van der Waals surface area contributed by atoms with Crippen LogP contribution in [0.4, 0.5) is 0 Å². The molecule has 1 aliphatic heterocycles. The minimum absolute atomic E-state index is 0.734. The molecule has 1 saturated heterocycles. The van der Waals surface area contributed by atoms with Gasteiger partial charge in [-0.25, -0.2) is 0 Å². The predicted molar refractivity (Wildman–Crippen MR) is 87.3 cm³/mol. The van der Waals surface area contributed by atoms with Crippen LogP contribution in [0.15, 0.2) is 0 Å². The number of hydrogen-bond donors (Lipinski definition) is 1. The van der Waals surface area contributed by atoms with Crippen LogP contribution >= 0.6 is 0 Å². The van der Waals surface area contributed by atoms with E-state index < -0.39 is 0 Å². The van der Waals surface area contributed by atoms with Crippen LogP contribution in [-0.2, 0) is 0 Å². The second-order valence-electron chi connectivity index (χ2n) is 6.60. The Labute approximate surface area is 126 Å². The van der Waals surface area contributed by atoms with Crippen molar-refractivity contribution in [3.63, 3.8) is 0 Å². The van der Waals surface area contributed by atoms with E-state index in [0.29, 0.717) is 0 Å². The Bertz CT molecular complexity index is 249. The van der Waals surface area contributed by atoms with Crippen LogP contribution in [0.25, 0.3) is 0 Å². The van der Waals surface area contributed by atoms with Crippen LogP contribution in [0.2, 0.25) is 0 Å². The maximum atomic E-state index is 3.78. The van der Waals surface area contributed by atoms with Gasteiger partial charge in [0, 0.05) is 38.3 Å². The zero-order valence-electron chi connectivity index (χ0n) is 13.7. The average molecular weight is 281 g/mol. The van der Waals surface area contributed by atoms with E-state index in [9.17, 15) is 0 Å². The predicted octanol–water partition coefficient (Wildman–Crippen LogP) is 2.71. The number of likely N-dealkylation sites (N-methyl/N-ethyl adjacent to an activating group) is 1. The molecule has 2 atom stereocenters. The number of piperazine rings is 1. The molecule has 0 radical (unpaired) electrons. The zero-order chi connectivity index (χ0) is 14.2. The Balaban J connectivity index is 1.89. The molecule has 2 aliphatic rings. The molecule has 0 aromatic carbocycles. The highest BCUT2D eigenvalue weighted by Crippen LogP contribution is 2.23. The maximum Gasteiger partial charge on any atom is 0.0250 e. The van der Waals surface area contributed by atoms with Crippen LogP contribution in [0, 0.1) is 0 Å². The van der Waals surface area contributed by atoms with Gasteiger partial charge in [0.15, 0.2) is 0 Å². The lowest BCUT2D eigenvalue weighted by Gasteiger charge is -2.43. The summed E-state index contributed by atoms with van der Waals surface area (Å²) in [6.45, 7) is 12.1. The van der Waals surface area contributed by atoms with E-state index in [1.165, 1.54) is 77.7 Å². The number of nitrogens with one attached hydrogen (secondary N) is 1. The first-order chi connectivity index (χ1) is 9.85. The van der Waals surface area contributed by atoms with Crippen LogP contribution in [0.5, 0.6) is 0 Å². The summed E-state index contributed by atoms with van der Waals surface area (Å²) in [6, 6.07) is 1.53. The molecule has 20 heavy (non-hydrogen) atoms. The molecule has 2 unspecified atom stereocenters. The third-order valence-corrected chi connectivity index (χ3v) is 5.11. The van der Waals surface area contributed by atoms with Gasteiger partial charge in [-0.3, -0.25) is 4.90 Å². The van der Waals surface area contributed by atoms with Gasteiger partial charge in [0.05, 0.1) is 0 Å². The summed E-state index contributed by atoms with van der Waals surface area (Å²) < 4.78 is 0. The molecule has 0 aromatic heterocycles. The Morgan fingerprint density at radius 2 is 1.60 bits per heavy atom. The zero-order valence-corrected chi connectivity index (χ0v) is 13.7. The summed E-state index contributed by atoms with van der Waals surface area (Å²) in [4.78, 5) is 5.44. The monoisotopic (exact) mass is 281 g/mol. The van der Waals surface area contributed by atoms with Crippen molar-refractivity contribution >= 4 is 0 Å². The number of rotatable bonds is 5. The average Bonchev–Trinajstić information content (AvgIpc) is 2.44. The van der Waals surface area contributed by atoms with Crippen LogP contribution < -0.4 is 5.32 Å². The molecule has 1 aliphatic carbocycles. The molecule has 1 saturated carbocycles. The fraction of sp³-hybridized carbons (Fsp3) is 1.00. The van der Waals surface area contributed by atoms with Crippen LogP contribution in [0.3, 0.4) is 0 Å². The molecule has 3 nitrogen and oxygen atoms in total. The molecule has 118 valence electrons. The molecule has 1 heterocycles. The highest BCUT2D eigenvalue weighted by molar-refractivity contribution is 4.88. The molecule has 0 bridgehead atoms. The SMILES string of the molecule is CCCN1CCN(C2CCCCCCC2NCC)CC1. The molecule has 0 amide bonds. The van der Waals surface area contributed by atoms with Gasteiger partial charge in [0.2, 0.25) is 0 Å². The van der Waals surface area contributed by atoms with Gasteiger partial charge in [-0.1, -0.05) is 39.5 Å². The minimum Gasteiger partial charge on any atom is -0.313 e. The van der Waals surface area contributed by atoms with E-state index >= 15 is 0 Å². The smallest absolute Gasteiger partial charge is 0.0250 e. The van der Waals surface area contributed by atoms with Crippen molar-refractivity contribution in [2.24, 2.45) is 0 Å². The fourth-order valence-corrected chi connectivity index (χ4v) is 4.04. The van der Waals surface area contributed by atoms with Gasteiger partial charge in [0.1, 0.15) is 0 Å². The highest BCUT2D eigenvalue weighted by atomic mass is 15.3.